The Labute approximate surface area is 165 Å². The van der Waals surface area contributed by atoms with Crippen LogP contribution in [-0.2, 0) is 20.7 Å². The molecule has 0 saturated carbocycles. The summed E-state index contributed by atoms with van der Waals surface area (Å²) in [4.78, 5) is 25.7. The number of aromatic nitrogens is 4. The van der Waals surface area contributed by atoms with E-state index in [4.69, 9.17) is 4.74 Å². The summed E-state index contributed by atoms with van der Waals surface area (Å²) in [7, 11) is 0. The van der Waals surface area contributed by atoms with E-state index in [1.807, 2.05) is 47.8 Å². The van der Waals surface area contributed by atoms with Crippen LogP contribution in [0.2, 0.25) is 0 Å². The monoisotopic (exact) mass is 397 g/mol. The normalized spacial score (nSPS) is 11.2. The van der Waals surface area contributed by atoms with Gasteiger partial charge in [-0.15, -0.1) is 16.4 Å². The maximum absolute atomic E-state index is 12.6. The van der Waals surface area contributed by atoms with Crippen LogP contribution in [0.4, 0.5) is 0 Å². The zero-order valence-corrected chi connectivity index (χ0v) is 16.1. The highest BCUT2D eigenvalue weighted by molar-refractivity contribution is 7.09. The first kappa shape index (κ1) is 19.4. The molecule has 2 aromatic heterocycles. The Balaban J connectivity index is 1.61. The number of nitrogens with one attached hydrogen (secondary N) is 1. The summed E-state index contributed by atoms with van der Waals surface area (Å²) in [5.74, 6) is -0.621. The van der Waals surface area contributed by atoms with Gasteiger partial charge in [0.15, 0.2) is 18.1 Å². The summed E-state index contributed by atoms with van der Waals surface area (Å²) < 4.78 is 6.45. The number of ether oxygens (including phenoxy) is 1. The molecule has 0 radical (unpaired) electrons. The molecular weight excluding hydrogens is 378 g/mol. The van der Waals surface area contributed by atoms with Crippen LogP contribution in [0.15, 0.2) is 47.8 Å². The topological polar surface area (TPSA) is 99.0 Å². The molecule has 0 aliphatic heterocycles. The number of carbonyl (C=O) groups is 2. The Hall–Kier alpha value is -3.33. The molecule has 144 valence electrons. The third-order valence-electron chi connectivity index (χ3n) is 3.77. The quantitative estimate of drug-likeness (QED) is 0.461. The zero-order chi connectivity index (χ0) is 19.8. The minimum absolute atomic E-state index is 0.125. The van der Waals surface area contributed by atoms with E-state index in [9.17, 15) is 9.59 Å². The summed E-state index contributed by atoms with van der Waals surface area (Å²) in [6.45, 7) is 1.77. The number of aryl methyl sites for hydroxylation is 1. The number of hydrogen-bond acceptors (Lipinski definition) is 7. The van der Waals surface area contributed by atoms with Gasteiger partial charge in [-0.3, -0.25) is 4.79 Å². The second-order valence-corrected chi connectivity index (χ2v) is 6.87. The van der Waals surface area contributed by atoms with Crippen LogP contribution in [0, 0.1) is 6.92 Å². The largest absolute Gasteiger partial charge is 0.451 e. The number of nitrogens with zero attached hydrogens (tertiary/aromatic N) is 4. The Morgan fingerprint density at radius 3 is 2.71 bits per heavy atom. The van der Waals surface area contributed by atoms with Crippen molar-refractivity contribution in [2.24, 2.45) is 0 Å². The highest BCUT2D eigenvalue weighted by Crippen LogP contribution is 2.13. The van der Waals surface area contributed by atoms with Gasteiger partial charge in [0.25, 0.3) is 5.91 Å². The van der Waals surface area contributed by atoms with E-state index < -0.39 is 5.97 Å². The molecule has 3 aromatic rings. The summed E-state index contributed by atoms with van der Waals surface area (Å²) in [5, 5.41) is 15.9. The number of amides is 1. The van der Waals surface area contributed by atoms with Gasteiger partial charge >= 0.3 is 5.97 Å². The third kappa shape index (κ3) is 5.34. The average molecular weight is 397 g/mol. The fourth-order valence-electron chi connectivity index (χ4n) is 2.40. The lowest BCUT2D eigenvalue weighted by atomic mass is 10.2. The lowest BCUT2D eigenvalue weighted by Gasteiger charge is -2.09. The van der Waals surface area contributed by atoms with Crippen LogP contribution < -0.4 is 5.32 Å². The SMILES string of the molecule is Cc1nnnn1/C(=C\c1ccccc1)C(=O)OCC(=O)NCCc1cccs1. The minimum atomic E-state index is -0.687. The first-order valence-corrected chi connectivity index (χ1v) is 9.50. The first-order chi connectivity index (χ1) is 13.6. The van der Waals surface area contributed by atoms with Gasteiger partial charge in [-0.1, -0.05) is 36.4 Å². The third-order valence-corrected chi connectivity index (χ3v) is 4.71. The minimum Gasteiger partial charge on any atom is -0.451 e. The number of hydrogen-bond donors (Lipinski definition) is 1. The molecule has 0 unspecified atom stereocenters. The van der Waals surface area contributed by atoms with Gasteiger partial charge in [-0.25, -0.2) is 4.79 Å². The fourth-order valence-corrected chi connectivity index (χ4v) is 3.11. The van der Waals surface area contributed by atoms with Crippen LogP contribution in [0.25, 0.3) is 11.8 Å². The first-order valence-electron chi connectivity index (χ1n) is 8.62. The molecule has 8 nitrogen and oxygen atoms in total. The van der Waals surface area contributed by atoms with Crippen LogP contribution >= 0.6 is 11.3 Å². The van der Waals surface area contributed by atoms with E-state index in [1.165, 1.54) is 9.56 Å². The molecule has 0 aliphatic carbocycles. The number of benzene rings is 1. The molecule has 1 aromatic carbocycles. The summed E-state index contributed by atoms with van der Waals surface area (Å²) >= 11 is 1.63. The van der Waals surface area contributed by atoms with Crippen molar-refractivity contribution < 1.29 is 14.3 Å². The van der Waals surface area contributed by atoms with E-state index in [0.29, 0.717) is 12.4 Å². The van der Waals surface area contributed by atoms with Crippen molar-refractivity contribution in [1.82, 2.24) is 25.5 Å². The van der Waals surface area contributed by atoms with E-state index in [0.717, 1.165) is 12.0 Å². The molecular formula is C19H19N5O3S. The van der Waals surface area contributed by atoms with Crippen molar-refractivity contribution in [3.05, 3.63) is 64.1 Å². The van der Waals surface area contributed by atoms with E-state index in [1.54, 1.807) is 24.3 Å². The Morgan fingerprint density at radius 2 is 2.04 bits per heavy atom. The van der Waals surface area contributed by atoms with Gasteiger partial charge < -0.3 is 10.1 Å². The van der Waals surface area contributed by atoms with Crippen molar-refractivity contribution in [2.45, 2.75) is 13.3 Å². The van der Waals surface area contributed by atoms with Crippen molar-refractivity contribution in [3.8, 4) is 0 Å². The molecule has 3 rings (SSSR count). The number of rotatable bonds is 8. The van der Waals surface area contributed by atoms with Gasteiger partial charge in [0, 0.05) is 11.4 Å². The molecule has 0 bridgehead atoms. The summed E-state index contributed by atoms with van der Waals surface area (Å²) in [5.41, 5.74) is 0.907. The number of esters is 1. The Bertz CT molecular complexity index is 951. The fraction of sp³-hybridized carbons (Fsp3) is 0.211. The predicted molar refractivity (Wildman–Crippen MR) is 105 cm³/mol. The Morgan fingerprint density at radius 1 is 1.21 bits per heavy atom. The highest BCUT2D eigenvalue weighted by Gasteiger charge is 2.19. The molecule has 0 aliphatic rings. The zero-order valence-electron chi connectivity index (χ0n) is 15.2. The molecule has 0 atom stereocenters. The second kappa shape index (κ2) is 9.56. The van der Waals surface area contributed by atoms with E-state index in [-0.39, 0.29) is 18.2 Å². The lowest BCUT2D eigenvalue weighted by Crippen LogP contribution is -2.31. The standard InChI is InChI=1S/C19H19N5O3S/c1-14-21-22-23-24(14)17(12-15-6-3-2-4-7-15)19(26)27-13-18(25)20-10-9-16-8-5-11-28-16/h2-8,11-12H,9-10,13H2,1H3,(H,20,25)/b17-12-. The van der Waals surface area contributed by atoms with Crippen LogP contribution in [0.1, 0.15) is 16.3 Å². The molecule has 28 heavy (non-hydrogen) atoms. The van der Waals surface area contributed by atoms with Gasteiger partial charge in [0.2, 0.25) is 0 Å². The predicted octanol–water partition coefficient (Wildman–Crippen LogP) is 1.94. The molecule has 1 N–H and O–H groups in total. The smallest absolute Gasteiger partial charge is 0.357 e. The van der Waals surface area contributed by atoms with Crippen LogP contribution in [-0.4, -0.2) is 45.2 Å². The lowest BCUT2D eigenvalue weighted by molar-refractivity contribution is -0.143. The Kier molecular flexibility index (Phi) is 6.64. The van der Waals surface area contributed by atoms with Crippen molar-refractivity contribution in [2.75, 3.05) is 13.2 Å². The molecule has 2 heterocycles. The van der Waals surface area contributed by atoms with Gasteiger partial charge in [-0.05, 0) is 46.9 Å². The number of thiophene rings is 1. The summed E-state index contributed by atoms with van der Waals surface area (Å²) in [6.07, 6.45) is 2.35. The second-order valence-electron chi connectivity index (χ2n) is 5.83. The summed E-state index contributed by atoms with van der Waals surface area (Å²) in [6, 6.07) is 13.2. The average Bonchev–Trinajstić information content (AvgIpc) is 3.37. The van der Waals surface area contributed by atoms with Gasteiger partial charge in [0.1, 0.15) is 0 Å². The number of tetrazole rings is 1. The molecule has 1 amide bonds. The van der Waals surface area contributed by atoms with Gasteiger partial charge in [0.05, 0.1) is 0 Å². The van der Waals surface area contributed by atoms with Crippen molar-refractivity contribution in [3.63, 3.8) is 0 Å². The maximum Gasteiger partial charge on any atom is 0.357 e. The molecule has 9 heteroatoms. The van der Waals surface area contributed by atoms with Crippen molar-refractivity contribution in [1.29, 1.82) is 0 Å². The van der Waals surface area contributed by atoms with Crippen LogP contribution in [0.5, 0.6) is 0 Å². The van der Waals surface area contributed by atoms with E-state index >= 15 is 0 Å². The number of carbonyl (C=O) groups excluding carboxylic acids is 2. The van der Waals surface area contributed by atoms with Gasteiger partial charge in [-0.2, -0.15) is 4.68 Å². The van der Waals surface area contributed by atoms with Crippen LogP contribution in [0.3, 0.4) is 0 Å². The van der Waals surface area contributed by atoms with Crippen molar-refractivity contribution >= 4 is 35.0 Å². The highest BCUT2D eigenvalue weighted by atomic mass is 32.1. The molecule has 0 spiro atoms. The van der Waals surface area contributed by atoms with E-state index in [2.05, 4.69) is 20.8 Å². The molecule has 0 saturated heterocycles. The maximum atomic E-state index is 12.6. The molecule has 0 fully saturated rings.